The number of ether oxygens (including phenoxy) is 1. The number of hydrogen-bond acceptors (Lipinski definition) is 6. The molecular weight excluding hydrogens is 288 g/mol. The summed E-state index contributed by atoms with van der Waals surface area (Å²) in [5.41, 5.74) is -0.254. The number of aromatic amines is 1. The van der Waals surface area contributed by atoms with Crippen molar-refractivity contribution in [2.75, 3.05) is 19.2 Å². The Kier molecular flexibility index (Phi) is 4.31. The highest BCUT2D eigenvalue weighted by Crippen LogP contribution is 2.25. The van der Waals surface area contributed by atoms with E-state index in [1.165, 1.54) is 37.5 Å². The summed E-state index contributed by atoms with van der Waals surface area (Å²) in [6.45, 7) is 0. The van der Waals surface area contributed by atoms with Crippen LogP contribution < -0.4 is 21.0 Å². The Balaban J connectivity index is 2.26. The minimum Gasteiger partial charge on any atom is -0.504 e. The zero-order valence-corrected chi connectivity index (χ0v) is 12.4. The summed E-state index contributed by atoms with van der Waals surface area (Å²) in [4.78, 5) is 25.7. The Hall–Kier alpha value is -3.03. The number of phenolic OH excluding ortho intramolecular Hbond substituents is 1. The molecule has 2 rings (SSSR count). The van der Waals surface area contributed by atoms with Crippen molar-refractivity contribution >= 4 is 12.0 Å². The van der Waals surface area contributed by atoms with Crippen LogP contribution in [0.3, 0.4) is 0 Å². The van der Waals surface area contributed by atoms with Gasteiger partial charge in [-0.15, -0.1) is 0 Å². The lowest BCUT2D eigenvalue weighted by molar-refractivity contribution is 0.373. The average molecular weight is 304 g/mol. The monoisotopic (exact) mass is 304 g/mol. The fourth-order valence-corrected chi connectivity index (χ4v) is 1.71. The van der Waals surface area contributed by atoms with Crippen molar-refractivity contribution in [3.63, 3.8) is 0 Å². The molecule has 2 N–H and O–H groups in total. The molecule has 0 saturated heterocycles. The van der Waals surface area contributed by atoms with Gasteiger partial charge in [-0.05, 0) is 23.8 Å². The Morgan fingerprint density at radius 2 is 2.09 bits per heavy atom. The normalized spacial score (nSPS) is 10.9. The third-order valence-corrected chi connectivity index (χ3v) is 3.06. The van der Waals surface area contributed by atoms with E-state index in [4.69, 9.17) is 4.74 Å². The lowest BCUT2D eigenvalue weighted by Gasteiger charge is -2.12. The molecule has 0 atom stereocenters. The van der Waals surface area contributed by atoms with E-state index < -0.39 is 11.2 Å². The quantitative estimate of drug-likeness (QED) is 0.623. The van der Waals surface area contributed by atoms with Crippen LogP contribution in [0.4, 0.5) is 5.82 Å². The van der Waals surface area contributed by atoms with Crippen molar-refractivity contribution in [3.8, 4) is 11.5 Å². The van der Waals surface area contributed by atoms with Crippen molar-refractivity contribution in [1.29, 1.82) is 0 Å². The first-order chi connectivity index (χ1) is 10.4. The van der Waals surface area contributed by atoms with E-state index in [2.05, 4.69) is 10.1 Å². The number of nitrogens with zero attached hydrogens (tertiary/aromatic N) is 3. The van der Waals surface area contributed by atoms with Crippen molar-refractivity contribution in [2.24, 2.45) is 12.1 Å². The number of rotatable bonds is 4. The Labute approximate surface area is 125 Å². The van der Waals surface area contributed by atoms with Crippen molar-refractivity contribution in [2.45, 2.75) is 0 Å². The number of hydrogen-bond donors (Lipinski definition) is 2. The van der Waals surface area contributed by atoms with Gasteiger partial charge in [-0.2, -0.15) is 5.10 Å². The fraction of sp³-hybridized carbons (Fsp3) is 0.214. The molecule has 1 heterocycles. The number of anilines is 1. The molecule has 0 aliphatic heterocycles. The van der Waals surface area contributed by atoms with Gasteiger partial charge in [0, 0.05) is 20.2 Å². The van der Waals surface area contributed by atoms with Crippen LogP contribution in [0.25, 0.3) is 0 Å². The minimum absolute atomic E-state index is 0.0314. The van der Waals surface area contributed by atoms with Gasteiger partial charge >= 0.3 is 5.69 Å². The molecule has 8 heteroatoms. The zero-order chi connectivity index (χ0) is 16.3. The third-order valence-electron chi connectivity index (χ3n) is 3.06. The van der Waals surface area contributed by atoms with Crippen molar-refractivity contribution < 1.29 is 9.84 Å². The summed E-state index contributed by atoms with van der Waals surface area (Å²) < 4.78 is 5.97. The number of hydrazone groups is 1. The standard InChI is InChI=1S/C14H16N4O4/c1-17-13(20)7-12(16-14(17)21)18(2)15-8-9-4-5-10(19)11(6-9)22-3/h4-8,19H,1-3H3,(H,16,21)/b15-8+. The number of nitrogens with one attached hydrogen (secondary N) is 1. The smallest absolute Gasteiger partial charge is 0.329 e. The molecule has 22 heavy (non-hydrogen) atoms. The third kappa shape index (κ3) is 3.17. The van der Waals surface area contributed by atoms with Gasteiger partial charge in [0.15, 0.2) is 11.5 Å². The molecule has 0 bridgehead atoms. The summed E-state index contributed by atoms with van der Waals surface area (Å²) in [5, 5.41) is 15.0. The van der Waals surface area contributed by atoms with Crippen LogP contribution in [0, 0.1) is 0 Å². The van der Waals surface area contributed by atoms with E-state index in [0.29, 0.717) is 11.3 Å². The van der Waals surface area contributed by atoms with Crippen LogP contribution in [-0.2, 0) is 7.05 Å². The molecular formula is C14H16N4O4. The Bertz CT molecular complexity index is 791. The summed E-state index contributed by atoms with van der Waals surface area (Å²) in [7, 11) is 4.43. The molecule has 1 aromatic heterocycles. The van der Waals surface area contributed by atoms with Gasteiger partial charge in [-0.1, -0.05) is 0 Å². The molecule has 0 radical (unpaired) electrons. The van der Waals surface area contributed by atoms with E-state index in [1.807, 2.05) is 0 Å². The number of aromatic hydroxyl groups is 1. The van der Waals surface area contributed by atoms with Crippen LogP contribution in [0.1, 0.15) is 5.56 Å². The van der Waals surface area contributed by atoms with Gasteiger partial charge in [0.05, 0.1) is 13.3 Å². The molecule has 8 nitrogen and oxygen atoms in total. The first-order valence-corrected chi connectivity index (χ1v) is 6.37. The fourth-order valence-electron chi connectivity index (χ4n) is 1.71. The SMILES string of the molecule is COc1cc(/C=N/N(C)c2cc(=O)n(C)c(=O)[nH]2)ccc1O. The first kappa shape index (κ1) is 15.4. The molecule has 0 fully saturated rings. The molecule has 0 aliphatic rings. The van der Waals surface area contributed by atoms with Crippen LogP contribution in [0.2, 0.25) is 0 Å². The highest BCUT2D eigenvalue weighted by molar-refractivity contribution is 5.81. The zero-order valence-electron chi connectivity index (χ0n) is 12.4. The van der Waals surface area contributed by atoms with Gasteiger partial charge in [-0.3, -0.25) is 19.4 Å². The first-order valence-electron chi connectivity index (χ1n) is 6.37. The van der Waals surface area contributed by atoms with Gasteiger partial charge in [0.2, 0.25) is 0 Å². The number of aromatic nitrogens is 2. The van der Waals surface area contributed by atoms with Gasteiger partial charge in [-0.25, -0.2) is 4.79 Å². The van der Waals surface area contributed by atoms with E-state index in [1.54, 1.807) is 19.2 Å². The van der Waals surface area contributed by atoms with E-state index in [0.717, 1.165) is 4.57 Å². The minimum atomic E-state index is -0.518. The van der Waals surface area contributed by atoms with Crippen molar-refractivity contribution in [3.05, 3.63) is 50.7 Å². The van der Waals surface area contributed by atoms with E-state index in [9.17, 15) is 14.7 Å². The second-order valence-electron chi connectivity index (χ2n) is 4.56. The number of benzene rings is 1. The highest BCUT2D eigenvalue weighted by atomic mass is 16.5. The molecule has 0 aliphatic carbocycles. The van der Waals surface area contributed by atoms with Crippen LogP contribution >= 0.6 is 0 Å². The van der Waals surface area contributed by atoms with Crippen molar-refractivity contribution in [1.82, 2.24) is 9.55 Å². The average Bonchev–Trinajstić information content (AvgIpc) is 2.50. The van der Waals surface area contributed by atoms with Gasteiger partial charge in [0.25, 0.3) is 5.56 Å². The summed E-state index contributed by atoms with van der Waals surface area (Å²) >= 11 is 0. The lowest BCUT2D eigenvalue weighted by atomic mass is 10.2. The van der Waals surface area contributed by atoms with E-state index in [-0.39, 0.29) is 11.6 Å². The largest absolute Gasteiger partial charge is 0.504 e. The van der Waals surface area contributed by atoms with Gasteiger partial charge < -0.3 is 9.84 Å². The van der Waals surface area contributed by atoms with Crippen LogP contribution in [0.15, 0.2) is 39.0 Å². The Morgan fingerprint density at radius 3 is 2.73 bits per heavy atom. The lowest BCUT2D eigenvalue weighted by Crippen LogP contribution is -2.33. The highest BCUT2D eigenvalue weighted by Gasteiger charge is 2.05. The molecule has 1 aromatic carbocycles. The van der Waals surface area contributed by atoms with Crippen LogP contribution in [0.5, 0.6) is 11.5 Å². The summed E-state index contributed by atoms with van der Waals surface area (Å²) in [5.74, 6) is 0.632. The maximum absolute atomic E-state index is 11.6. The molecule has 2 aromatic rings. The summed E-state index contributed by atoms with van der Waals surface area (Å²) in [6, 6.07) is 6.03. The summed E-state index contributed by atoms with van der Waals surface area (Å²) in [6.07, 6.45) is 1.51. The molecule has 116 valence electrons. The molecule has 0 saturated carbocycles. The number of H-pyrrole nitrogens is 1. The van der Waals surface area contributed by atoms with Gasteiger partial charge in [0.1, 0.15) is 5.82 Å². The topological polar surface area (TPSA) is 99.9 Å². The second-order valence-corrected chi connectivity index (χ2v) is 4.56. The Morgan fingerprint density at radius 1 is 1.36 bits per heavy atom. The number of phenols is 1. The molecule has 0 unspecified atom stereocenters. The van der Waals surface area contributed by atoms with E-state index >= 15 is 0 Å². The molecule has 0 spiro atoms. The molecule has 0 amide bonds. The second kappa shape index (κ2) is 6.17. The maximum atomic E-state index is 11.6. The van der Waals surface area contributed by atoms with Crippen LogP contribution in [-0.4, -0.2) is 35.0 Å². The maximum Gasteiger partial charge on any atom is 0.329 e. The predicted molar refractivity (Wildman–Crippen MR) is 83.0 cm³/mol. The predicted octanol–water partition coefficient (Wildman–Crippen LogP) is 0.258. The number of methoxy groups -OCH3 is 1.